The molecule has 0 aromatic rings. The first kappa shape index (κ1) is 25.1. The average Bonchev–Trinajstić information content (AvgIpc) is 3.11. The van der Waals surface area contributed by atoms with Crippen LogP contribution >= 0.6 is 0 Å². The van der Waals surface area contributed by atoms with Gasteiger partial charge in [-0.1, -0.05) is 50.5 Å². The lowest BCUT2D eigenvalue weighted by Crippen LogP contribution is -2.55. The van der Waals surface area contributed by atoms with Crippen LogP contribution in [0.5, 0.6) is 0 Å². The maximum atomic E-state index is 12.0. The zero-order valence-electron chi connectivity index (χ0n) is 22.6. The van der Waals surface area contributed by atoms with Gasteiger partial charge in [0, 0.05) is 12.3 Å². The molecule has 0 amide bonds. The minimum Gasteiger partial charge on any atom is -0.462 e. The summed E-state index contributed by atoms with van der Waals surface area (Å²) in [4.78, 5) is 12.0. The summed E-state index contributed by atoms with van der Waals surface area (Å²) >= 11 is 0. The molecule has 2 heteroatoms. The lowest BCUT2D eigenvalue weighted by molar-refractivity contribution is -0.162. The molecule has 3 saturated carbocycles. The molecule has 8 atom stereocenters. The van der Waals surface area contributed by atoms with E-state index in [2.05, 4.69) is 47.6 Å². The van der Waals surface area contributed by atoms with Crippen LogP contribution < -0.4 is 0 Å². The van der Waals surface area contributed by atoms with Gasteiger partial charge in [-0.05, 0) is 119 Å². The third-order valence-corrected chi connectivity index (χ3v) is 11.2. The zero-order chi connectivity index (χ0) is 24.0. The van der Waals surface area contributed by atoms with Crippen LogP contribution in [0, 0.1) is 40.4 Å². The van der Waals surface area contributed by atoms with Crippen LogP contribution in [0.2, 0.25) is 0 Å². The Labute approximate surface area is 204 Å². The highest BCUT2D eigenvalue weighted by atomic mass is 16.5. The third-order valence-electron chi connectivity index (χ3n) is 11.2. The minimum absolute atomic E-state index is 0.0668. The molecule has 4 aliphatic carbocycles. The SMILES string of the molecule is CCC(CC[C@@H](C)[C@H]1CC[C@H]2[C@@H]3CC=C4CCCC(OC(C)=O)[C@]4(C)[C@H]3CC[C@]12C)=C(C)C. The lowest BCUT2D eigenvalue weighted by atomic mass is 9.46. The number of carbonyl (C=O) groups is 1. The smallest absolute Gasteiger partial charge is 0.302 e. The molecule has 0 saturated heterocycles. The van der Waals surface area contributed by atoms with Crippen molar-refractivity contribution in [1.82, 2.24) is 0 Å². The average molecular weight is 455 g/mol. The number of rotatable bonds is 6. The number of fused-ring (bicyclic) bond motifs is 5. The van der Waals surface area contributed by atoms with Crippen molar-refractivity contribution >= 4 is 5.97 Å². The predicted molar refractivity (Wildman–Crippen MR) is 138 cm³/mol. The quantitative estimate of drug-likeness (QED) is 0.296. The van der Waals surface area contributed by atoms with Crippen LogP contribution in [0.3, 0.4) is 0 Å². The second kappa shape index (κ2) is 9.54. The van der Waals surface area contributed by atoms with E-state index in [-0.39, 0.29) is 17.5 Å². The summed E-state index contributed by atoms with van der Waals surface area (Å²) in [7, 11) is 0. The fraction of sp³-hybridized carbons (Fsp3) is 0.839. The number of hydrogen-bond donors (Lipinski definition) is 0. The van der Waals surface area contributed by atoms with Crippen LogP contribution in [0.15, 0.2) is 22.8 Å². The van der Waals surface area contributed by atoms with E-state index < -0.39 is 0 Å². The molecule has 186 valence electrons. The Morgan fingerprint density at radius 3 is 2.55 bits per heavy atom. The third kappa shape index (κ3) is 4.27. The standard InChI is InChI=1S/C31H50O2/c1-8-23(20(2)3)13-12-21(4)26-16-17-27-25-15-14-24-10-9-11-29(33-22(5)32)31(24,7)28(25)18-19-30(26,27)6/h14,21,25-29H,8-13,15-19H2,1-7H3/t21-,25+,26-,27+,28+,29?,30-,31+/m1/s1. The molecule has 0 N–H and O–H groups in total. The van der Waals surface area contributed by atoms with Crippen LogP contribution in [-0.4, -0.2) is 12.1 Å². The molecule has 0 aliphatic heterocycles. The molecule has 0 aromatic heterocycles. The Morgan fingerprint density at radius 2 is 1.88 bits per heavy atom. The molecule has 0 aromatic carbocycles. The molecule has 1 unspecified atom stereocenters. The van der Waals surface area contributed by atoms with Gasteiger partial charge in [-0.2, -0.15) is 0 Å². The van der Waals surface area contributed by atoms with Crippen molar-refractivity contribution in [1.29, 1.82) is 0 Å². The molecule has 4 aliphatic rings. The number of ether oxygens (including phenoxy) is 1. The first-order chi connectivity index (χ1) is 15.6. The van der Waals surface area contributed by atoms with Crippen molar-refractivity contribution < 1.29 is 9.53 Å². The molecule has 0 bridgehead atoms. The molecule has 3 fully saturated rings. The first-order valence-electron chi connectivity index (χ1n) is 14.1. The van der Waals surface area contributed by atoms with Crippen molar-refractivity contribution in [2.75, 3.05) is 0 Å². The van der Waals surface area contributed by atoms with Crippen LogP contribution in [0.4, 0.5) is 0 Å². The van der Waals surface area contributed by atoms with E-state index in [0.717, 1.165) is 30.1 Å². The molecule has 4 rings (SSSR count). The number of hydrogen-bond acceptors (Lipinski definition) is 2. The highest BCUT2D eigenvalue weighted by molar-refractivity contribution is 5.66. The fourth-order valence-corrected chi connectivity index (χ4v) is 9.43. The predicted octanol–water partition coefficient (Wildman–Crippen LogP) is 8.66. The molecular formula is C31H50O2. The second-order valence-electron chi connectivity index (χ2n) is 12.8. The van der Waals surface area contributed by atoms with E-state index in [0.29, 0.717) is 11.3 Å². The lowest BCUT2D eigenvalue weighted by Gasteiger charge is -2.59. The van der Waals surface area contributed by atoms with Crippen molar-refractivity contribution in [3.63, 3.8) is 0 Å². The summed E-state index contributed by atoms with van der Waals surface area (Å²) in [6.07, 6.45) is 16.7. The van der Waals surface area contributed by atoms with Gasteiger partial charge in [0.25, 0.3) is 0 Å². The van der Waals surface area contributed by atoms with Gasteiger partial charge in [-0.25, -0.2) is 0 Å². The largest absolute Gasteiger partial charge is 0.462 e. The van der Waals surface area contributed by atoms with Gasteiger partial charge in [0.2, 0.25) is 0 Å². The topological polar surface area (TPSA) is 26.3 Å². The fourth-order valence-electron chi connectivity index (χ4n) is 9.43. The molecule has 0 heterocycles. The monoisotopic (exact) mass is 454 g/mol. The van der Waals surface area contributed by atoms with Crippen LogP contribution in [0.1, 0.15) is 119 Å². The maximum Gasteiger partial charge on any atom is 0.302 e. The van der Waals surface area contributed by atoms with Gasteiger partial charge in [-0.3, -0.25) is 4.79 Å². The Hall–Kier alpha value is -1.05. The van der Waals surface area contributed by atoms with Crippen molar-refractivity contribution in [2.24, 2.45) is 40.4 Å². The van der Waals surface area contributed by atoms with Gasteiger partial charge in [0.05, 0.1) is 0 Å². The van der Waals surface area contributed by atoms with Gasteiger partial charge in [0.15, 0.2) is 0 Å². The highest BCUT2D eigenvalue weighted by Crippen LogP contribution is 2.67. The number of esters is 1. The molecule has 0 spiro atoms. The summed E-state index contributed by atoms with van der Waals surface area (Å²) in [6, 6.07) is 0. The highest BCUT2D eigenvalue weighted by Gasteiger charge is 2.61. The molecular weight excluding hydrogens is 404 g/mol. The molecule has 0 radical (unpaired) electrons. The summed E-state index contributed by atoms with van der Waals surface area (Å²) in [5.41, 5.74) is 5.38. The summed E-state index contributed by atoms with van der Waals surface area (Å²) in [5, 5.41) is 0. The van der Waals surface area contributed by atoms with E-state index in [4.69, 9.17) is 4.74 Å². The number of allylic oxidation sites excluding steroid dienone is 3. The zero-order valence-corrected chi connectivity index (χ0v) is 22.6. The van der Waals surface area contributed by atoms with E-state index in [1.807, 2.05) is 0 Å². The van der Waals surface area contributed by atoms with Crippen LogP contribution in [0.25, 0.3) is 0 Å². The van der Waals surface area contributed by atoms with Gasteiger partial charge >= 0.3 is 5.97 Å². The van der Waals surface area contributed by atoms with Gasteiger partial charge < -0.3 is 4.74 Å². The number of carbonyl (C=O) groups excluding carboxylic acids is 1. The Bertz CT molecular complexity index is 802. The van der Waals surface area contributed by atoms with Gasteiger partial charge in [0.1, 0.15) is 6.10 Å². The second-order valence-corrected chi connectivity index (χ2v) is 12.8. The van der Waals surface area contributed by atoms with E-state index in [1.165, 1.54) is 69.8 Å². The van der Waals surface area contributed by atoms with Crippen molar-refractivity contribution in [2.45, 2.75) is 125 Å². The first-order valence-corrected chi connectivity index (χ1v) is 14.1. The van der Waals surface area contributed by atoms with Crippen molar-refractivity contribution in [3.8, 4) is 0 Å². The Balaban J connectivity index is 1.53. The van der Waals surface area contributed by atoms with E-state index in [9.17, 15) is 4.79 Å². The van der Waals surface area contributed by atoms with E-state index in [1.54, 1.807) is 18.1 Å². The Morgan fingerprint density at radius 1 is 1.12 bits per heavy atom. The Kier molecular flexibility index (Phi) is 7.24. The summed E-state index contributed by atoms with van der Waals surface area (Å²) < 4.78 is 6.01. The minimum atomic E-state index is -0.0946. The molecule has 33 heavy (non-hydrogen) atoms. The maximum absolute atomic E-state index is 12.0. The van der Waals surface area contributed by atoms with E-state index >= 15 is 0 Å². The van der Waals surface area contributed by atoms with Crippen molar-refractivity contribution in [3.05, 3.63) is 22.8 Å². The molecule has 2 nitrogen and oxygen atoms in total. The summed E-state index contributed by atoms with van der Waals surface area (Å²) in [6.45, 7) is 16.2. The van der Waals surface area contributed by atoms with Crippen LogP contribution in [-0.2, 0) is 9.53 Å². The summed E-state index contributed by atoms with van der Waals surface area (Å²) in [5.74, 6) is 3.88. The van der Waals surface area contributed by atoms with Gasteiger partial charge in [-0.15, -0.1) is 0 Å². The normalized spacial score (nSPS) is 40.7.